The first kappa shape index (κ1) is 11.7. The minimum absolute atomic E-state index is 0.408. The molecule has 1 aromatic heterocycles. The van der Waals surface area contributed by atoms with Gasteiger partial charge in [-0.25, -0.2) is 4.98 Å². The van der Waals surface area contributed by atoms with Gasteiger partial charge in [-0.2, -0.15) is 5.26 Å². The number of nitrogens with one attached hydrogen (secondary N) is 1. The molecule has 0 bridgehead atoms. The van der Waals surface area contributed by atoms with Crippen LogP contribution in [0.1, 0.15) is 32.1 Å². The largest absolute Gasteiger partial charge is 0.481 e. The third-order valence-corrected chi connectivity index (χ3v) is 3.25. The molecule has 1 aromatic rings. The number of aromatic nitrogens is 1. The molecule has 17 heavy (non-hydrogen) atoms. The van der Waals surface area contributed by atoms with Crippen LogP contribution in [0.15, 0.2) is 18.3 Å². The van der Waals surface area contributed by atoms with Crippen LogP contribution in [-0.2, 0) is 0 Å². The molecule has 0 atom stereocenters. The van der Waals surface area contributed by atoms with E-state index in [4.69, 9.17) is 4.74 Å². The monoisotopic (exact) mass is 231 g/mol. The summed E-state index contributed by atoms with van der Waals surface area (Å²) >= 11 is 0. The van der Waals surface area contributed by atoms with Gasteiger partial charge in [-0.05, 0) is 18.9 Å². The van der Waals surface area contributed by atoms with Gasteiger partial charge in [0.2, 0.25) is 5.88 Å². The van der Waals surface area contributed by atoms with Crippen molar-refractivity contribution in [2.75, 3.05) is 12.4 Å². The Morgan fingerprint density at radius 1 is 1.35 bits per heavy atom. The Bertz CT molecular complexity index is 402. The second-order valence-corrected chi connectivity index (χ2v) is 4.47. The minimum atomic E-state index is -0.408. The summed E-state index contributed by atoms with van der Waals surface area (Å²) in [6.07, 6.45) is 7.00. The molecular weight excluding hydrogens is 214 g/mol. The summed E-state index contributed by atoms with van der Waals surface area (Å²) in [5.74, 6) is 0.588. The number of pyridine rings is 1. The van der Waals surface area contributed by atoms with E-state index in [-0.39, 0.29) is 0 Å². The van der Waals surface area contributed by atoms with Crippen LogP contribution in [-0.4, -0.2) is 17.6 Å². The molecule has 2 rings (SSSR count). The zero-order chi connectivity index (χ0) is 12.1. The fourth-order valence-electron chi connectivity index (χ4n) is 2.27. The van der Waals surface area contributed by atoms with Gasteiger partial charge in [0.15, 0.2) is 0 Å². The van der Waals surface area contributed by atoms with Crippen LogP contribution < -0.4 is 10.1 Å². The molecule has 1 fully saturated rings. The van der Waals surface area contributed by atoms with Crippen LogP contribution in [0.25, 0.3) is 0 Å². The van der Waals surface area contributed by atoms with E-state index in [1.165, 1.54) is 6.42 Å². The van der Waals surface area contributed by atoms with Gasteiger partial charge in [-0.15, -0.1) is 0 Å². The van der Waals surface area contributed by atoms with Crippen molar-refractivity contribution in [2.24, 2.45) is 0 Å². The Balaban J connectivity index is 2.10. The zero-order valence-corrected chi connectivity index (χ0v) is 10.1. The third kappa shape index (κ3) is 2.68. The highest BCUT2D eigenvalue weighted by molar-refractivity contribution is 5.47. The molecule has 0 spiro atoms. The number of methoxy groups -OCH3 is 1. The fourth-order valence-corrected chi connectivity index (χ4v) is 2.27. The molecule has 0 unspecified atom stereocenters. The van der Waals surface area contributed by atoms with Crippen molar-refractivity contribution in [1.29, 1.82) is 5.26 Å². The zero-order valence-electron chi connectivity index (χ0n) is 10.1. The van der Waals surface area contributed by atoms with Crippen molar-refractivity contribution in [2.45, 2.75) is 37.6 Å². The Labute approximate surface area is 102 Å². The lowest BCUT2D eigenvalue weighted by molar-refractivity contribution is 0.390. The lowest BCUT2D eigenvalue weighted by Crippen LogP contribution is -2.38. The first-order valence-electron chi connectivity index (χ1n) is 5.97. The normalized spacial score (nSPS) is 18.1. The van der Waals surface area contributed by atoms with Crippen LogP contribution >= 0.6 is 0 Å². The van der Waals surface area contributed by atoms with Crippen molar-refractivity contribution >= 4 is 5.69 Å². The summed E-state index contributed by atoms with van der Waals surface area (Å²) < 4.78 is 5.01. The van der Waals surface area contributed by atoms with Crippen LogP contribution in [0.3, 0.4) is 0 Å². The van der Waals surface area contributed by atoms with E-state index in [1.807, 2.05) is 6.07 Å². The van der Waals surface area contributed by atoms with Gasteiger partial charge < -0.3 is 10.1 Å². The molecule has 0 aromatic carbocycles. The first-order chi connectivity index (χ1) is 8.28. The van der Waals surface area contributed by atoms with E-state index in [9.17, 15) is 5.26 Å². The van der Waals surface area contributed by atoms with Crippen molar-refractivity contribution in [3.05, 3.63) is 18.3 Å². The standard InChI is InChI=1S/C13H17N3O/c1-17-12-6-5-11(9-15-12)16-13(10-14)7-3-2-4-8-13/h5-6,9,16H,2-4,7-8H2,1H3. The van der Waals surface area contributed by atoms with Gasteiger partial charge in [0.05, 0.1) is 25.1 Å². The average Bonchev–Trinajstić information content (AvgIpc) is 2.41. The molecule has 4 heteroatoms. The highest BCUT2D eigenvalue weighted by Gasteiger charge is 2.31. The summed E-state index contributed by atoms with van der Waals surface area (Å²) in [6, 6.07) is 6.13. The Hall–Kier alpha value is -1.76. The predicted octanol–water partition coefficient (Wildman–Crippen LogP) is 2.73. The third-order valence-electron chi connectivity index (χ3n) is 3.25. The number of ether oxygens (including phenoxy) is 1. The van der Waals surface area contributed by atoms with E-state index < -0.39 is 5.54 Å². The molecule has 90 valence electrons. The highest BCUT2D eigenvalue weighted by Crippen LogP contribution is 2.31. The van der Waals surface area contributed by atoms with Gasteiger partial charge >= 0.3 is 0 Å². The van der Waals surface area contributed by atoms with Crippen LogP contribution in [0.4, 0.5) is 5.69 Å². The maximum Gasteiger partial charge on any atom is 0.213 e. The first-order valence-corrected chi connectivity index (χ1v) is 5.97. The lowest BCUT2D eigenvalue weighted by atomic mass is 9.83. The predicted molar refractivity (Wildman–Crippen MR) is 65.8 cm³/mol. The Morgan fingerprint density at radius 3 is 2.65 bits per heavy atom. The summed E-state index contributed by atoms with van der Waals surface area (Å²) in [5, 5.41) is 12.7. The molecule has 0 aliphatic heterocycles. The molecule has 1 heterocycles. The van der Waals surface area contributed by atoms with Gasteiger partial charge in [-0.3, -0.25) is 0 Å². The molecule has 0 radical (unpaired) electrons. The number of hydrogen-bond donors (Lipinski definition) is 1. The molecule has 1 aliphatic carbocycles. The number of hydrogen-bond acceptors (Lipinski definition) is 4. The molecule has 4 nitrogen and oxygen atoms in total. The topological polar surface area (TPSA) is 57.9 Å². The lowest BCUT2D eigenvalue weighted by Gasteiger charge is -2.32. The van der Waals surface area contributed by atoms with Gasteiger partial charge in [-0.1, -0.05) is 19.3 Å². The van der Waals surface area contributed by atoms with E-state index in [0.717, 1.165) is 31.4 Å². The summed E-state index contributed by atoms with van der Waals surface area (Å²) in [6.45, 7) is 0. The van der Waals surface area contributed by atoms with E-state index in [0.29, 0.717) is 5.88 Å². The van der Waals surface area contributed by atoms with Crippen LogP contribution in [0.5, 0.6) is 5.88 Å². The van der Waals surface area contributed by atoms with Gasteiger partial charge in [0, 0.05) is 6.07 Å². The van der Waals surface area contributed by atoms with Crippen molar-refractivity contribution < 1.29 is 4.74 Å². The quantitative estimate of drug-likeness (QED) is 0.869. The molecule has 0 saturated heterocycles. The molecule has 1 saturated carbocycles. The minimum Gasteiger partial charge on any atom is -0.481 e. The van der Waals surface area contributed by atoms with Crippen molar-refractivity contribution in [3.63, 3.8) is 0 Å². The van der Waals surface area contributed by atoms with E-state index >= 15 is 0 Å². The Morgan fingerprint density at radius 2 is 2.12 bits per heavy atom. The molecule has 1 N–H and O–H groups in total. The average molecular weight is 231 g/mol. The van der Waals surface area contributed by atoms with Crippen molar-refractivity contribution in [1.82, 2.24) is 4.98 Å². The van der Waals surface area contributed by atoms with Crippen molar-refractivity contribution in [3.8, 4) is 11.9 Å². The van der Waals surface area contributed by atoms with Crippen LogP contribution in [0, 0.1) is 11.3 Å². The van der Waals surface area contributed by atoms with E-state index in [1.54, 1.807) is 19.4 Å². The highest BCUT2D eigenvalue weighted by atomic mass is 16.5. The number of rotatable bonds is 3. The second-order valence-electron chi connectivity index (χ2n) is 4.47. The smallest absolute Gasteiger partial charge is 0.213 e. The maximum atomic E-state index is 9.35. The fraction of sp³-hybridized carbons (Fsp3) is 0.538. The summed E-state index contributed by atoms with van der Waals surface area (Å²) in [7, 11) is 1.59. The molecular formula is C13H17N3O. The van der Waals surface area contributed by atoms with E-state index in [2.05, 4.69) is 16.4 Å². The molecule has 0 amide bonds. The van der Waals surface area contributed by atoms with Gasteiger partial charge in [0.25, 0.3) is 0 Å². The Kier molecular flexibility index (Phi) is 3.48. The SMILES string of the molecule is COc1ccc(NC2(C#N)CCCCC2)cn1. The maximum absolute atomic E-state index is 9.35. The second kappa shape index (κ2) is 5.05. The number of nitriles is 1. The number of nitrogens with zero attached hydrogens (tertiary/aromatic N) is 2. The van der Waals surface area contributed by atoms with Gasteiger partial charge in [0.1, 0.15) is 5.54 Å². The summed E-state index contributed by atoms with van der Waals surface area (Å²) in [4.78, 5) is 4.13. The summed E-state index contributed by atoms with van der Waals surface area (Å²) in [5.41, 5.74) is 0.475. The number of anilines is 1. The van der Waals surface area contributed by atoms with Crippen LogP contribution in [0.2, 0.25) is 0 Å². The molecule has 1 aliphatic rings.